The van der Waals surface area contributed by atoms with Gasteiger partial charge in [-0.2, -0.15) is 0 Å². The fourth-order valence-corrected chi connectivity index (χ4v) is 1.51. The van der Waals surface area contributed by atoms with E-state index in [0.29, 0.717) is 18.7 Å². The van der Waals surface area contributed by atoms with E-state index >= 15 is 0 Å². The number of carbonyl (C=O) groups excluding carboxylic acids is 1. The molecule has 0 aliphatic carbocycles. The molecule has 0 saturated carbocycles. The molecular formula is C13H18F2N2O2. The molecule has 2 N–H and O–H groups in total. The Morgan fingerprint density at radius 3 is 2.79 bits per heavy atom. The van der Waals surface area contributed by atoms with Gasteiger partial charge in [-0.1, -0.05) is 12.1 Å². The molecule has 1 aromatic rings. The number of ether oxygens (including phenoxy) is 1. The second-order valence-corrected chi connectivity index (χ2v) is 4.21. The zero-order valence-corrected chi connectivity index (χ0v) is 11.0. The van der Waals surface area contributed by atoms with Gasteiger partial charge in [0.1, 0.15) is 0 Å². The van der Waals surface area contributed by atoms with Crippen molar-refractivity contribution in [2.75, 3.05) is 19.0 Å². The van der Waals surface area contributed by atoms with Crippen LogP contribution in [0.15, 0.2) is 24.3 Å². The van der Waals surface area contributed by atoms with Crippen LogP contribution in [0.5, 0.6) is 0 Å². The van der Waals surface area contributed by atoms with Gasteiger partial charge in [-0.05, 0) is 25.5 Å². The molecule has 2 amide bonds. The maximum absolute atomic E-state index is 12.5. The Bertz CT molecular complexity index is 413. The Kier molecular flexibility index (Phi) is 6.21. The Balaban J connectivity index is 2.50. The molecule has 0 fully saturated rings. The van der Waals surface area contributed by atoms with Gasteiger partial charge in [0.25, 0.3) is 6.43 Å². The van der Waals surface area contributed by atoms with Crippen molar-refractivity contribution >= 4 is 11.7 Å². The van der Waals surface area contributed by atoms with Gasteiger partial charge in [0.2, 0.25) is 0 Å². The highest BCUT2D eigenvalue weighted by atomic mass is 19.3. The summed E-state index contributed by atoms with van der Waals surface area (Å²) >= 11 is 0. The fourth-order valence-electron chi connectivity index (χ4n) is 1.51. The summed E-state index contributed by atoms with van der Waals surface area (Å²) in [6, 6.07) is 5.13. The van der Waals surface area contributed by atoms with Crippen molar-refractivity contribution in [2.45, 2.75) is 25.8 Å². The maximum Gasteiger partial charge on any atom is 0.319 e. The van der Waals surface area contributed by atoms with Crippen LogP contribution in [0.25, 0.3) is 0 Å². The normalized spacial score (nSPS) is 12.3. The van der Waals surface area contributed by atoms with Gasteiger partial charge < -0.3 is 15.4 Å². The van der Waals surface area contributed by atoms with Gasteiger partial charge in [0.15, 0.2) is 0 Å². The smallest absolute Gasteiger partial charge is 0.319 e. The van der Waals surface area contributed by atoms with E-state index in [-0.39, 0.29) is 11.6 Å². The van der Waals surface area contributed by atoms with E-state index in [1.54, 1.807) is 13.2 Å². The third-order valence-corrected chi connectivity index (χ3v) is 2.53. The summed E-state index contributed by atoms with van der Waals surface area (Å²) in [5.74, 6) is 0. The molecule has 0 bridgehead atoms. The number of alkyl halides is 2. The average molecular weight is 272 g/mol. The molecule has 4 nitrogen and oxygen atoms in total. The highest BCUT2D eigenvalue weighted by Gasteiger charge is 2.10. The zero-order chi connectivity index (χ0) is 14.3. The Morgan fingerprint density at radius 2 is 2.16 bits per heavy atom. The number of carbonyl (C=O) groups is 1. The third-order valence-electron chi connectivity index (χ3n) is 2.53. The second kappa shape index (κ2) is 7.68. The number of rotatable bonds is 6. The number of benzene rings is 1. The lowest BCUT2D eigenvalue weighted by Gasteiger charge is -2.14. The van der Waals surface area contributed by atoms with Gasteiger partial charge in [-0.25, -0.2) is 13.6 Å². The predicted octanol–water partition coefficient (Wildman–Crippen LogP) is 3.17. The minimum absolute atomic E-state index is 0.0572. The van der Waals surface area contributed by atoms with Crippen molar-refractivity contribution in [1.29, 1.82) is 0 Å². The molecule has 19 heavy (non-hydrogen) atoms. The van der Waals surface area contributed by atoms with Crippen molar-refractivity contribution in [1.82, 2.24) is 5.32 Å². The van der Waals surface area contributed by atoms with Crippen LogP contribution in [-0.2, 0) is 4.74 Å². The molecule has 0 spiro atoms. The molecule has 0 saturated heterocycles. The quantitative estimate of drug-likeness (QED) is 0.835. The number of amides is 2. The third kappa shape index (κ3) is 5.65. The number of methoxy groups -OCH3 is 1. The first-order chi connectivity index (χ1) is 9.02. The first-order valence-corrected chi connectivity index (χ1v) is 5.97. The Labute approximate surface area is 111 Å². The topological polar surface area (TPSA) is 50.4 Å². The SMILES string of the molecule is COCCC(C)NC(=O)Nc1cccc(C(F)F)c1. The van der Waals surface area contributed by atoms with Crippen LogP contribution in [0, 0.1) is 0 Å². The number of hydrogen-bond acceptors (Lipinski definition) is 2. The summed E-state index contributed by atoms with van der Waals surface area (Å²) in [6.07, 6.45) is -1.87. The van der Waals surface area contributed by atoms with E-state index in [2.05, 4.69) is 10.6 Å². The van der Waals surface area contributed by atoms with Crippen molar-refractivity contribution in [3.05, 3.63) is 29.8 Å². The lowest BCUT2D eigenvalue weighted by Crippen LogP contribution is -2.36. The minimum atomic E-state index is -2.55. The van der Waals surface area contributed by atoms with Gasteiger partial charge >= 0.3 is 6.03 Å². The van der Waals surface area contributed by atoms with E-state index in [9.17, 15) is 13.6 Å². The standard InChI is InChI=1S/C13H18F2N2O2/c1-9(6-7-19-2)16-13(18)17-11-5-3-4-10(8-11)12(14)15/h3-5,8-9,12H,6-7H2,1-2H3,(H2,16,17,18). The van der Waals surface area contributed by atoms with Gasteiger partial charge in [-0.15, -0.1) is 0 Å². The number of halogens is 2. The van der Waals surface area contributed by atoms with Crippen LogP contribution < -0.4 is 10.6 Å². The zero-order valence-electron chi connectivity index (χ0n) is 11.0. The summed E-state index contributed by atoms with van der Waals surface area (Å²) in [6.45, 7) is 2.39. The first-order valence-electron chi connectivity index (χ1n) is 5.97. The summed E-state index contributed by atoms with van der Waals surface area (Å²) < 4.78 is 29.9. The van der Waals surface area contributed by atoms with Crippen LogP contribution in [0.2, 0.25) is 0 Å². The maximum atomic E-state index is 12.5. The molecular weight excluding hydrogens is 254 g/mol. The first kappa shape index (κ1) is 15.4. The van der Waals surface area contributed by atoms with E-state index in [1.165, 1.54) is 18.2 Å². The molecule has 0 aromatic heterocycles. The van der Waals surface area contributed by atoms with Gasteiger partial charge in [0.05, 0.1) is 0 Å². The predicted molar refractivity (Wildman–Crippen MR) is 69.5 cm³/mol. The van der Waals surface area contributed by atoms with Gasteiger partial charge in [0, 0.05) is 31.0 Å². The molecule has 106 valence electrons. The Morgan fingerprint density at radius 1 is 1.42 bits per heavy atom. The molecule has 0 heterocycles. The summed E-state index contributed by atoms with van der Waals surface area (Å²) in [5.41, 5.74) is 0.222. The van der Waals surface area contributed by atoms with Crippen LogP contribution in [0.1, 0.15) is 25.3 Å². The highest BCUT2D eigenvalue weighted by Crippen LogP contribution is 2.21. The molecule has 1 rings (SSSR count). The van der Waals surface area contributed by atoms with Crippen molar-refractivity contribution in [3.63, 3.8) is 0 Å². The van der Waals surface area contributed by atoms with Crippen LogP contribution >= 0.6 is 0 Å². The second-order valence-electron chi connectivity index (χ2n) is 4.21. The van der Waals surface area contributed by atoms with Crippen molar-refractivity contribution < 1.29 is 18.3 Å². The lowest BCUT2D eigenvalue weighted by molar-refractivity contribution is 0.151. The van der Waals surface area contributed by atoms with Crippen molar-refractivity contribution in [2.24, 2.45) is 0 Å². The van der Waals surface area contributed by atoms with Crippen LogP contribution in [0.4, 0.5) is 19.3 Å². The van der Waals surface area contributed by atoms with E-state index in [1.807, 2.05) is 6.92 Å². The molecule has 0 aliphatic heterocycles. The number of nitrogens with one attached hydrogen (secondary N) is 2. The lowest BCUT2D eigenvalue weighted by atomic mass is 10.2. The van der Waals surface area contributed by atoms with Crippen molar-refractivity contribution in [3.8, 4) is 0 Å². The van der Waals surface area contributed by atoms with E-state index in [0.717, 1.165) is 0 Å². The van der Waals surface area contributed by atoms with Crippen LogP contribution in [-0.4, -0.2) is 25.8 Å². The summed E-state index contributed by atoms with van der Waals surface area (Å²) in [4.78, 5) is 11.6. The van der Waals surface area contributed by atoms with E-state index < -0.39 is 12.5 Å². The molecule has 1 unspecified atom stereocenters. The summed E-state index contributed by atoms with van der Waals surface area (Å²) in [5, 5.41) is 5.21. The number of hydrogen-bond donors (Lipinski definition) is 2. The minimum Gasteiger partial charge on any atom is -0.385 e. The average Bonchev–Trinajstić information content (AvgIpc) is 2.36. The monoisotopic (exact) mass is 272 g/mol. The molecule has 1 aromatic carbocycles. The molecule has 1 atom stereocenters. The summed E-state index contributed by atoms with van der Waals surface area (Å²) in [7, 11) is 1.59. The number of urea groups is 1. The largest absolute Gasteiger partial charge is 0.385 e. The highest BCUT2D eigenvalue weighted by molar-refractivity contribution is 5.89. The molecule has 0 radical (unpaired) electrons. The van der Waals surface area contributed by atoms with Crippen LogP contribution in [0.3, 0.4) is 0 Å². The molecule has 6 heteroatoms. The van der Waals surface area contributed by atoms with E-state index in [4.69, 9.17) is 4.74 Å². The number of anilines is 1. The fraction of sp³-hybridized carbons (Fsp3) is 0.462. The Hall–Kier alpha value is -1.69. The van der Waals surface area contributed by atoms with Gasteiger partial charge in [-0.3, -0.25) is 0 Å². The molecule has 0 aliphatic rings.